The third-order valence-corrected chi connectivity index (χ3v) is 32.9. The van der Waals surface area contributed by atoms with Crippen LogP contribution < -0.4 is 15.9 Å². The van der Waals surface area contributed by atoms with E-state index < -0.39 is 1.89 Å². The van der Waals surface area contributed by atoms with E-state index in [1.54, 1.807) is 2.17 Å². The smallest absolute Gasteiger partial charge is 0 e. The van der Waals surface area contributed by atoms with Crippen LogP contribution in [0, 0.1) is 0 Å². The Morgan fingerprint density at radius 3 is 1.22 bits per heavy atom. The Balaban J connectivity index is 0.00000261. The van der Waals surface area contributed by atoms with Crippen molar-refractivity contribution in [3.05, 3.63) is 91.0 Å². The summed E-state index contributed by atoms with van der Waals surface area (Å²) >= 11 is 6.52. The number of hydrogen-bond donors (Lipinski definition) is 0. The van der Waals surface area contributed by atoms with Gasteiger partial charge >= 0.3 is 189 Å². The van der Waals surface area contributed by atoms with E-state index in [-0.39, 0.29) is 41.2 Å². The van der Waals surface area contributed by atoms with E-state index in [1.165, 1.54) is 15.9 Å². The fraction of sp³-hybridized carbons (Fsp3) is 0.0952. The number of hydrogen-bond acceptors (Lipinski definition) is 2. The SMILES string of the molecule is CSC(SC)=IP(I)(c1ccccc1)(c1ccccc1)c1ccccc1.[Pt]. The molecular weight excluding hydrogens is 796 g/mol. The summed E-state index contributed by atoms with van der Waals surface area (Å²) in [5.41, 5.74) is 0. The van der Waals surface area contributed by atoms with Crippen molar-refractivity contribution in [2.45, 2.75) is 0 Å². The maximum Gasteiger partial charge on any atom is 0 e. The molecule has 0 N–H and O–H groups in total. The molecule has 0 fully saturated rings. The van der Waals surface area contributed by atoms with Crippen LogP contribution >= 0.6 is 67.6 Å². The van der Waals surface area contributed by atoms with Crippen molar-refractivity contribution >= 4 is 85.7 Å². The number of halogens is 2. The first-order valence-electron chi connectivity index (χ1n) is 8.15. The van der Waals surface area contributed by atoms with Gasteiger partial charge in [-0.2, -0.15) is 0 Å². The molecule has 0 aliphatic heterocycles. The van der Waals surface area contributed by atoms with E-state index in [1.807, 2.05) is 23.5 Å². The van der Waals surface area contributed by atoms with Crippen LogP contribution in [0.5, 0.6) is 0 Å². The molecule has 0 radical (unpaired) electrons. The average Bonchev–Trinajstić information content (AvgIpc) is 2.74. The van der Waals surface area contributed by atoms with E-state index in [2.05, 4.69) is 126 Å². The van der Waals surface area contributed by atoms with Gasteiger partial charge in [0, 0.05) is 21.1 Å². The molecule has 0 aromatic heterocycles. The van der Waals surface area contributed by atoms with Crippen molar-refractivity contribution < 1.29 is 21.1 Å². The fourth-order valence-electron chi connectivity index (χ4n) is 2.94. The molecule has 0 aliphatic rings. The predicted octanol–water partition coefficient (Wildman–Crippen LogP) is 6.56. The summed E-state index contributed by atoms with van der Waals surface area (Å²) in [4.78, 5) is 0. The van der Waals surface area contributed by atoms with Gasteiger partial charge in [-0.1, -0.05) is 0 Å². The van der Waals surface area contributed by atoms with E-state index in [4.69, 9.17) is 0 Å². The molecule has 27 heavy (non-hydrogen) atoms. The van der Waals surface area contributed by atoms with Crippen LogP contribution in [0.1, 0.15) is 0 Å². The Morgan fingerprint density at radius 1 is 0.667 bits per heavy atom. The molecule has 3 rings (SSSR count). The van der Waals surface area contributed by atoms with Crippen molar-refractivity contribution in [1.29, 1.82) is 0 Å². The van der Waals surface area contributed by atoms with Crippen LogP contribution in [0.2, 0.25) is 0 Å². The van der Waals surface area contributed by atoms with Gasteiger partial charge in [-0.3, -0.25) is 0 Å². The topological polar surface area (TPSA) is 0 Å². The van der Waals surface area contributed by atoms with Gasteiger partial charge in [0.2, 0.25) is 0 Å². The zero-order valence-electron chi connectivity index (χ0n) is 15.0. The minimum Gasteiger partial charge on any atom is 0 e. The van der Waals surface area contributed by atoms with Crippen molar-refractivity contribution in [2.24, 2.45) is 0 Å². The van der Waals surface area contributed by atoms with Crippen molar-refractivity contribution in [1.82, 2.24) is 0 Å². The molecule has 146 valence electrons. The minimum atomic E-state index is -2.54. The molecule has 0 amide bonds. The summed E-state index contributed by atoms with van der Waals surface area (Å²) in [5, 5.41) is 4.47. The summed E-state index contributed by atoms with van der Waals surface area (Å²) in [6, 6.07) is 33.7. The molecule has 0 aliphatic carbocycles. The molecule has 0 saturated heterocycles. The van der Waals surface area contributed by atoms with Crippen LogP contribution in [0.4, 0.5) is 0 Å². The predicted molar refractivity (Wildman–Crippen MR) is 145 cm³/mol. The molecule has 6 heteroatoms. The maximum atomic E-state index is 2.90. The Bertz CT molecular complexity index is 784. The quantitative estimate of drug-likeness (QED) is 0.204. The summed E-state index contributed by atoms with van der Waals surface area (Å²) < 4.78 is -0.950. The zero-order chi connectivity index (χ0) is 18.5. The molecule has 0 heterocycles. The van der Waals surface area contributed by atoms with Crippen molar-refractivity contribution in [3.8, 4) is 0 Å². The van der Waals surface area contributed by atoms with Gasteiger partial charge in [-0.25, -0.2) is 0 Å². The van der Waals surface area contributed by atoms with Crippen LogP contribution in [-0.2, 0) is 21.1 Å². The van der Waals surface area contributed by atoms with E-state index in [9.17, 15) is 0 Å². The first-order valence-corrected chi connectivity index (χ1v) is 19.5. The van der Waals surface area contributed by atoms with Gasteiger partial charge in [0.25, 0.3) is 0 Å². The molecule has 0 saturated carbocycles. The van der Waals surface area contributed by atoms with Crippen LogP contribution in [-0.4, -0.2) is 14.7 Å². The third kappa shape index (κ3) is 4.77. The number of thioether (sulfide) groups is 2. The number of rotatable bonds is 6. The zero-order valence-corrected chi connectivity index (χ0v) is 24.1. The van der Waals surface area contributed by atoms with E-state index in [0.717, 1.165) is 0 Å². The maximum absolute atomic E-state index is 2.90. The molecule has 0 bridgehead atoms. The fourth-order valence-corrected chi connectivity index (χ4v) is 36.0. The van der Waals surface area contributed by atoms with Crippen molar-refractivity contribution in [3.63, 3.8) is 0 Å². The summed E-state index contributed by atoms with van der Waals surface area (Å²) in [6.45, 7) is 0. The van der Waals surface area contributed by atoms with Crippen LogP contribution in [0.3, 0.4) is 0 Å². The summed E-state index contributed by atoms with van der Waals surface area (Å²) in [5.74, 6) is 0. The second kappa shape index (κ2) is 10.7. The van der Waals surface area contributed by atoms with Crippen LogP contribution in [0.15, 0.2) is 91.0 Å². The van der Waals surface area contributed by atoms with Gasteiger partial charge in [-0.15, -0.1) is 0 Å². The standard InChI is InChI=1S/C21H21I2PS2.Pt/c1-25-21(26-2)23-24(22,18-12-6-3-7-13-18,19-14-8-4-9-15-19)20-16-10-5-11-17-20;/h3-17H,1-2H3;. The normalized spacial score (nSPS) is 12.5. The average molecular weight is 817 g/mol. The minimum absolute atomic E-state index is 0. The molecule has 3 aromatic carbocycles. The van der Waals surface area contributed by atoms with Gasteiger partial charge in [-0.05, 0) is 0 Å². The monoisotopic (exact) mass is 817 g/mol. The molecule has 0 atom stereocenters. The van der Waals surface area contributed by atoms with E-state index >= 15 is 0 Å². The number of benzene rings is 3. The first kappa shape index (κ1) is 24.1. The second-order valence-corrected chi connectivity index (χ2v) is 32.2. The molecule has 0 nitrogen and oxygen atoms in total. The van der Waals surface area contributed by atoms with Gasteiger partial charge in [0.15, 0.2) is 0 Å². The van der Waals surface area contributed by atoms with Gasteiger partial charge < -0.3 is 0 Å². The third-order valence-electron chi connectivity index (χ3n) is 4.18. The first-order chi connectivity index (χ1) is 12.6. The molecular formula is C21H21I2PPtS2. The Morgan fingerprint density at radius 2 is 0.963 bits per heavy atom. The molecule has 3 aromatic rings. The van der Waals surface area contributed by atoms with Crippen molar-refractivity contribution in [2.75, 3.05) is 12.5 Å². The summed E-state index contributed by atoms with van der Waals surface area (Å²) in [6.07, 6.45) is 4.45. The van der Waals surface area contributed by atoms with Gasteiger partial charge in [0.05, 0.1) is 0 Å². The molecule has 0 spiro atoms. The Hall–Kier alpha value is 0.808. The largest absolute Gasteiger partial charge is 0 e. The van der Waals surface area contributed by atoms with Crippen LogP contribution in [0.25, 0.3) is 0 Å². The Labute approximate surface area is 207 Å². The second-order valence-electron chi connectivity index (χ2n) is 5.64. The van der Waals surface area contributed by atoms with Gasteiger partial charge in [0.1, 0.15) is 0 Å². The Kier molecular flexibility index (Phi) is 9.56. The van der Waals surface area contributed by atoms with E-state index in [0.29, 0.717) is 0 Å². The summed E-state index contributed by atoms with van der Waals surface area (Å²) in [7, 11) is 0. The molecule has 0 unspecified atom stereocenters.